The van der Waals surface area contributed by atoms with Gasteiger partial charge in [0.2, 0.25) is 6.79 Å². The number of benzene rings is 1. The van der Waals surface area contributed by atoms with Gasteiger partial charge in [-0.1, -0.05) is 18.2 Å². The fourth-order valence-corrected chi connectivity index (χ4v) is 3.53. The number of aromatic amines is 1. The molecule has 0 spiro atoms. The van der Waals surface area contributed by atoms with E-state index in [1.165, 1.54) is 0 Å². The first-order valence-corrected chi connectivity index (χ1v) is 9.32. The molecule has 146 valence electrons. The Morgan fingerprint density at radius 1 is 1.39 bits per heavy atom. The van der Waals surface area contributed by atoms with E-state index in [0.29, 0.717) is 22.9 Å². The summed E-state index contributed by atoms with van der Waals surface area (Å²) in [7, 11) is 0. The van der Waals surface area contributed by atoms with Crippen LogP contribution in [0.3, 0.4) is 0 Å². The van der Waals surface area contributed by atoms with Crippen molar-refractivity contribution in [3.63, 3.8) is 0 Å². The number of nitrogens with one attached hydrogen (secondary N) is 1. The molecular formula is C21H23N3O4. The summed E-state index contributed by atoms with van der Waals surface area (Å²) < 4.78 is 16.4. The quantitative estimate of drug-likeness (QED) is 0.776. The van der Waals surface area contributed by atoms with Crippen LogP contribution in [0.4, 0.5) is 0 Å². The van der Waals surface area contributed by atoms with Crippen LogP contribution in [-0.2, 0) is 6.61 Å². The topological polar surface area (TPSA) is 76.7 Å². The van der Waals surface area contributed by atoms with Crippen LogP contribution in [0.25, 0.3) is 0 Å². The van der Waals surface area contributed by atoms with Crippen molar-refractivity contribution in [3.8, 4) is 17.2 Å². The molecule has 2 atom stereocenters. The molecule has 1 N–H and O–H groups in total. The van der Waals surface area contributed by atoms with Crippen LogP contribution in [0.2, 0.25) is 0 Å². The summed E-state index contributed by atoms with van der Waals surface area (Å²) in [6.07, 6.45) is 7.61. The monoisotopic (exact) mass is 381 g/mol. The number of rotatable bonds is 6. The Morgan fingerprint density at radius 3 is 3.11 bits per heavy atom. The smallest absolute Gasteiger partial charge is 0.275 e. The van der Waals surface area contributed by atoms with Crippen molar-refractivity contribution >= 4 is 5.91 Å². The number of amides is 1. The maximum Gasteiger partial charge on any atom is 0.275 e. The second-order valence-corrected chi connectivity index (χ2v) is 6.88. The molecule has 7 nitrogen and oxygen atoms in total. The summed E-state index contributed by atoms with van der Waals surface area (Å²) >= 11 is 0. The number of H-pyrrole nitrogens is 1. The zero-order valence-electron chi connectivity index (χ0n) is 15.8. The Bertz CT molecular complexity index is 905. The summed E-state index contributed by atoms with van der Waals surface area (Å²) in [4.78, 5) is 14.9. The van der Waals surface area contributed by atoms with Crippen LogP contribution in [0.1, 0.15) is 35.9 Å². The highest BCUT2D eigenvalue weighted by molar-refractivity contribution is 5.93. The Balaban J connectivity index is 1.42. The van der Waals surface area contributed by atoms with Gasteiger partial charge in [0.25, 0.3) is 5.91 Å². The molecule has 0 saturated heterocycles. The summed E-state index contributed by atoms with van der Waals surface area (Å²) in [5, 5.41) is 7.09. The molecule has 0 saturated carbocycles. The van der Waals surface area contributed by atoms with E-state index in [-0.39, 0.29) is 31.4 Å². The highest BCUT2D eigenvalue weighted by Crippen LogP contribution is 2.35. The van der Waals surface area contributed by atoms with Crippen molar-refractivity contribution in [2.75, 3.05) is 6.79 Å². The van der Waals surface area contributed by atoms with Gasteiger partial charge in [0.15, 0.2) is 17.2 Å². The molecule has 0 radical (unpaired) electrons. The highest BCUT2D eigenvalue weighted by Gasteiger charge is 2.30. The van der Waals surface area contributed by atoms with Crippen molar-refractivity contribution in [2.45, 2.75) is 38.5 Å². The van der Waals surface area contributed by atoms with E-state index in [1.807, 2.05) is 36.1 Å². The largest absolute Gasteiger partial charge is 0.487 e. The number of carbonyl (C=O) groups is 1. The van der Waals surface area contributed by atoms with Crippen molar-refractivity contribution in [1.82, 2.24) is 15.1 Å². The lowest BCUT2D eigenvalue weighted by molar-refractivity contribution is 0.0616. The maximum atomic E-state index is 13.0. The van der Waals surface area contributed by atoms with Crippen molar-refractivity contribution in [3.05, 3.63) is 60.5 Å². The minimum absolute atomic E-state index is 0.0243. The molecule has 7 heteroatoms. The van der Waals surface area contributed by atoms with E-state index in [1.54, 1.807) is 12.1 Å². The molecule has 1 aromatic heterocycles. The molecule has 3 heterocycles. The maximum absolute atomic E-state index is 13.0. The Kier molecular flexibility index (Phi) is 5.06. The average molecular weight is 381 g/mol. The van der Waals surface area contributed by atoms with Gasteiger partial charge in [-0.15, -0.1) is 6.58 Å². The first-order chi connectivity index (χ1) is 13.7. The number of ether oxygens (including phenoxy) is 3. The van der Waals surface area contributed by atoms with E-state index in [9.17, 15) is 4.79 Å². The van der Waals surface area contributed by atoms with Crippen LogP contribution >= 0.6 is 0 Å². The second-order valence-electron chi connectivity index (χ2n) is 6.88. The molecule has 2 aromatic rings. The fraction of sp³-hybridized carbons (Fsp3) is 0.333. The first-order valence-electron chi connectivity index (χ1n) is 9.32. The molecule has 0 unspecified atom stereocenters. The normalized spacial score (nSPS) is 20.2. The third kappa shape index (κ3) is 3.60. The van der Waals surface area contributed by atoms with E-state index in [2.05, 4.69) is 22.9 Å². The van der Waals surface area contributed by atoms with Gasteiger partial charge < -0.3 is 19.1 Å². The van der Waals surface area contributed by atoms with Crippen LogP contribution in [0, 0.1) is 0 Å². The molecule has 2 aliphatic heterocycles. The second kappa shape index (κ2) is 7.80. The van der Waals surface area contributed by atoms with E-state index >= 15 is 0 Å². The van der Waals surface area contributed by atoms with Gasteiger partial charge in [0.1, 0.15) is 12.4 Å². The summed E-state index contributed by atoms with van der Waals surface area (Å²) in [5.41, 5.74) is 1.11. The Morgan fingerprint density at radius 2 is 2.25 bits per heavy atom. The van der Waals surface area contributed by atoms with Crippen molar-refractivity contribution < 1.29 is 19.0 Å². The van der Waals surface area contributed by atoms with E-state index in [0.717, 1.165) is 18.5 Å². The summed E-state index contributed by atoms with van der Waals surface area (Å²) in [5.74, 6) is 1.95. The number of nitrogens with zero attached hydrogens (tertiary/aromatic N) is 2. The average Bonchev–Trinajstić information content (AvgIpc) is 3.35. The third-order valence-corrected chi connectivity index (χ3v) is 4.92. The lowest BCUT2D eigenvalue weighted by Gasteiger charge is -2.37. The van der Waals surface area contributed by atoms with Gasteiger partial charge in [-0.05, 0) is 38.0 Å². The number of aromatic nitrogens is 2. The zero-order chi connectivity index (χ0) is 19.5. The van der Waals surface area contributed by atoms with Crippen molar-refractivity contribution in [2.24, 2.45) is 0 Å². The van der Waals surface area contributed by atoms with Crippen LogP contribution in [0.15, 0.2) is 49.1 Å². The van der Waals surface area contributed by atoms with Crippen LogP contribution < -0.4 is 14.2 Å². The first kappa shape index (κ1) is 18.2. The van der Waals surface area contributed by atoms with Crippen LogP contribution in [-0.4, -0.2) is 39.9 Å². The zero-order valence-corrected chi connectivity index (χ0v) is 15.8. The third-order valence-electron chi connectivity index (χ3n) is 4.92. The predicted molar refractivity (Wildman–Crippen MR) is 103 cm³/mol. The number of hydrogen-bond acceptors (Lipinski definition) is 5. The molecule has 1 aromatic carbocycles. The molecule has 1 amide bonds. The minimum Gasteiger partial charge on any atom is -0.487 e. The SMILES string of the molecule is C=CC[C@@H]1CC=C[C@@H](C)N1C(=O)c1cc(COc2ccc3c(c2)OCO3)[nH]n1. The van der Waals surface area contributed by atoms with Crippen molar-refractivity contribution in [1.29, 1.82) is 0 Å². The highest BCUT2D eigenvalue weighted by atomic mass is 16.7. The molecule has 28 heavy (non-hydrogen) atoms. The molecule has 4 rings (SSSR count). The van der Waals surface area contributed by atoms with Crippen LogP contribution in [0.5, 0.6) is 17.2 Å². The summed E-state index contributed by atoms with van der Waals surface area (Å²) in [6.45, 7) is 6.32. The van der Waals surface area contributed by atoms with E-state index in [4.69, 9.17) is 14.2 Å². The van der Waals surface area contributed by atoms with Gasteiger partial charge in [-0.25, -0.2) is 0 Å². The summed E-state index contributed by atoms with van der Waals surface area (Å²) in [6, 6.07) is 7.28. The van der Waals surface area contributed by atoms with Gasteiger partial charge in [0, 0.05) is 18.2 Å². The number of hydrogen-bond donors (Lipinski definition) is 1. The predicted octanol–water partition coefficient (Wildman–Crippen LogP) is 3.45. The Hall–Kier alpha value is -3.22. The molecule has 2 aliphatic rings. The van der Waals surface area contributed by atoms with Gasteiger partial charge in [-0.2, -0.15) is 5.10 Å². The van der Waals surface area contributed by atoms with Gasteiger partial charge in [-0.3, -0.25) is 9.89 Å². The van der Waals surface area contributed by atoms with Gasteiger partial charge in [0.05, 0.1) is 5.69 Å². The Labute approximate surface area is 163 Å². The minimum atomic E-state index is -0.0886. The molecule has 0 fully saturated rings. The number of fused-ring (bicyclic) bond motifs is 1. The lowest BCUT2D eigenvalue weighted by atomic mass is 10.00. The standard InChI is InChI=1S/C21H23N3O4/c1-3-5-16-7-4-6-14(2)24(16)21(25)18-10-15(22-23-18)12-26-17-8-9-19-20(11-17)28-13-27-19/h3-4,6,8-11,14,16H,1,5,7,12-13H2,2H3,(H,22,23)/t14-,16-/m1/s1. The molecule has 0 aliphatic carbocycles. The van der Waals surface area contributed by atoms with Gasteiger partial charge >= 0.3 is 0 Å². The lowest BCUT2D eigenvalue weighted by Crippen LogP contribution is -2.47. The fourth-order valence-electron chi connectivity index (χ4n) is 3.53. The van der Waals surface area contributed by atoms with E-state index < -0.39 is 0 Å². The molecular weight excluding hydrogens is 358 g/mol. The number of carbonyl (C=O) groups excluding carboxylic acids is 1. The molecule has 0 bridgehead atoms.